The van der Waals surface area contributed by atoms with Gasteiger partial charge in [-0.15, -0.1) is 0 Å². The first-order chi connectivity index (χ1) is 8.52. The molecule has 0 atom stereocenters. The van der Waals surface area contributed by atoms with E-state index in [1.165, 1.54) is 0 Å². The van der Waals surface area contributed by atoms with Crippen LogP contribution in [-0.4, -0.2) is 29.7 Å². The minimum absolute atomic E-state index is 0.118. The van der Waals surface area contributed by atoms with E-state index in [0.717, 1.165) is 11.3 Å². The number of ether oxygens (including phenoxy) is 1. The Kier molecular flexibility index (Phi) is 6.05. The highest BCUT2D eigenvalue weighted by molar-refractivity contribution is 7.80. The van der Waals surface area contributed by atoms with E-state index in [1.807, 2.05) is 45.2 Å². The minimum atomic E-state index is 0.118. The number of thiol groups is 1. The fourth-order valence-electron chi connectivity index (χ4n) is 1.59. The molecule has 0 aliphatic carbocycles. The van der Waals surface area contributed by atoms with Crippen LogP contribution in [0.2, 0.25) is 0 Å². The van der Waals surface area contributed by atoms with Crippen LogP contribution in [0.4, 0.5) is 0 Å². The standard InChI is InChI=1S/C14H21NO2S/c1-11(2)17-13-6-4-12(5-7-13)10-15(3)14(16)8-9-18/h4-7,11,18H,8-10H2,1-3H3. The second-order valence-electron chi connectivity index (χ2n) is 4.53. The lowest BCUT2D eigenvalue weighted by Gasteiger charge is -2.17. The van der Waals surface area contributed by atoms with Crippen molar-refractivity contribution in [3.8, 4) is 5.75 Å². The molecule has 0 aliphatic heterocycles. The Morgan fingerprint density at radius 1 is 1.33 bits per heavy atom. The van der Waals surface area contributed by atoms with Gasteiger partial charge in [-0.25, -0.2) is 0 Å². The Morgan fingerprint density at radius 3 is 2.44 bits per heavy atom. The zero-order valence-electron chi connectivity index (χ0n) is 11.2. The summed E-state index contributed by atoms with van der Waals surface area (Å²) in [5.41, 5.74) is 1.10. The smallest absolute Gasteiger partial charge is 0.223 e. The third-order valence-electron chi connectivity index (χ3n) is 2.47. The Balaban J connectivity index is 2.55. The van der Waals surface area contributed by atoms with Gasteiger partial charge in [0.2, 0.25) is 5.91 Å². The lowest BCUT2D eigenvalue weighted by atomic mass is 10.2. The van der Waals surface area contributed by atoms with E-state index < -0.39 is 0 Å². The summed E-state index contributed by atoms with van der Waals surface area (Å²) in [7, 11) is 1.81. The van der Waals surface area contributed by atoms with Crippen molar-refractivity contribution in [2.75, 3.05) is 12.8 Å². The first-order valence-electron chi connectivity index (χ1n) is 6.13. The third-order valence-corrected chi connectivity index (χ3v) is 2.69. The third kappa shape index (κ3) is 5.00. The van der Waals surface area contributed by atoms with E-state index in [9.17, 15) is 4.79 Å². The van der Waals surface area contributed by atoms with Crippen molar-refractivity contribution in [3.63, 3.8) is 0 Å². The van der Waals surface area contributed by atoms with E-state index in [2.05, 4.69) is 12.6 Å². The lowest BCUT2D eigenvalue weighted by Crippen LogP contribution is -2.26. The molecule has 0 radical (unpaired) electrons. The van der Waals surface area contributed by atoms with Crippen molar-refractivity contribution in [1.82, 2.24) is 4.90 Å². The molecule has 4 heteroatoms. The van der Waals surface area contributed by atoms with E-state index in [-0.39, 0.29) is 12.0 Å². The first-order valence-corrected chi connectivity index (χ1v) is 6.76. The molecule has 0 fully saturated rings. The van der Waals surface area contributed by atoms with Crippen LogP contribution in [0.1, 0.15) is 25.8 Å². The highest BCUT2D eigenvalue weighted by Crippen LogP contribution is 2.15. The maximum atomic E-state index is 11.6. The number of amides is 1. The van der Waals surface area contributed by atoms with Crippen molar-refractivity contribution < 1.29 is 9.53 Å². The van der Waals surface area contributed by atoms with Gasteiger partial charge in [-0.1, -0.05) is 12.1 Å². The summed E-state index contributed by atoms with van der Waals surface area (Å²) in [6, 6.07) is 7.85. The number of hydrogen-bond acceptors (Lipinski definition) is 3. The molecule has 1 rings (SSSR count). The largest absolute Gasteiger partial charge is 0.491 e. The molecule has 1 aromatic rings. The summed E-state index contributed by atoms with van der Waals surface area (Å²) >= 11 is 4.06. The van der Waals surface area contributed by atoms with Crippen LogP contribution in [-0.2, 0) is 11.3 Å². The number of carbonyl (C=O) groups is 1. The molecular weight excluding hydrogens is 246 g/mol. The molecule has 0 bridgehead atoms. The second kappa shape index (κ2) is 7.31. The molecule has 0 N–H and O–H groups in total. The highest BCUT2D eigenvalue weighted by atomic mass is 32.1. The van der Waals surface area contributed by atoms with Crippen LogP contribution in [0.25, 0.3) is 0 Å². The van der Waals surface area contributed by atoms with Crippen LogP contribution in [0, 0.1) is 0 Å². The number of hydrogen-bond donors (Lipinski definition) is 1. The second-order valence-corrected chi connectivity index (χ2v) is 4.98. The van der Waals surface area contributed by atoms with Crippen LogP contribution >= 0.6 is 12.6 Å². The fourth-order valence-corrected chi connectivity index (χ4v) is 1.79. The molecule has 18 heavy (non-hydrogen) atoms. The molecule has 0 heterocycles. The van der Waals surface area contributed by atoms with Crippen LogP contribution in [0.5, 0.6) is 5.75 Å². The summed E-state index contributed by atoms with van der Waals surface area (Å²) in [5.74, 6) is 1.57. The molecule has 0 aliphatic rings. The van der Waals surface area contributed by atoms with Crippen LogP contribution in [0.15, 0.2) is 24.3 Å². The first kappa shape index (κ1) is 14.9. The van der Waals surface area contributed by atoms with Gasteiger partial charge in [0.25, 0.3) is 0 Å². The summed E-state index contributed by atoms with van der Waals surface area (Å²) in [6.45, 7) is 4.62. The average molecular weight is 267 g/mol. The van der Waals surface area contributed by atoms with Gasteiger partial charge in [0, 0.05) is 20.0 Å². The fraction of sp³-hybridized carbons (Fsp3) is 0.500. The number of carbonyl (C=O) groups excluding carboxylic acids is 1. The van der Waals surface area contributed by atoms with E-state index >= 15 is 0 Å². The molecule has 0 spiro atoms. The van der Waals surface area contributed by atoms with E-state index in [1.54, 1.807) is 4.90 Å². The Labute approximate surface area is 115 Å². The van der Waals surface area contributed by atoms with Crippen LogP contribution < -0.4 is 4.74 Å². The zero-order chi connectivity index (χ0) is 13.5. The summed E-state index contributed by atoms with van der Waals surface area (Å²) in [5, 5.41) is 0. The monoisotopic (exact) mass is 267 g/mol. The van der Waals surface area contributed by atoms with Gasteiger partial charge in [0.1, 0.15) is 5.75 Å². The summed E-state index contributed by atoms with van der Waals surface area (Å²) in [4.78, 5) is 13.3. The molecule has 0 unspecified atom stereocenters. The maximum absolute atomic E-state index is 11.6. The van der Waals surface area contributed by atoms with Crippen molar-refractivity contribution in [2.24, 2.45) is 0 Å². The van der Waals surface area contributed by atoms with E-state index in [4.69, 9.17) is 4.74 Å². The molecule has 0 aromatic heterocycles. The molecule has 3 nitrogen and oxygen atoms in total. The van der Waals surface area contributed by atoms with Gasteiger partial charge >= 0.3 is 0 Å². The molecule has 0 saturated carbocycles. The number of nitrogens with zero attached hydrogens (tertiary/aromatic N) is 1. The normalized spacial score (nSPS) is 10.5. The lowest BCUT2D eigenvalue weighted by molar-refractivity contribution is -0.129. The summed E-state index contributed by atoms with van der Waals surface area (Å²) in [6.07, 6.45) is 0.657. The molecular formula is C14H21NO2S. The van der Waals surface area contributed by atoms with E-state index in [0.29, 0.717) is 18.7 Å². The predicted molar refractivity (Wildman–Crippen MR) is 77.2 cm³/mol. The van der Waals surface area contributed by atoms with Gasteiger partial charge in [0.05, 0.1) is 6.10 Å². The maximum Gasteiger partial charge on any atom is 0.223 e. The van der Waals surface area contributed by atoms with Crippen molar-refractivity contribution in [2.45, 2.75) is 32.9 Å². The van der Waals surface area contributed by atoms with Gasteiger partial charge in [-0.05, 0) is 37.3 Å². The highest BCUT2D eigenvalue weighted by Gasteiger charge is 2.08. The molecule has 1 amide bonds. The minimum Gasteiger partial charge on any atom is -0.491 e. The Bertz CT molecular complexity index is 376. The Hall–Kier alpha value is -1.16. The Morgan fingerprint density at radius 2 is 1.94 bits per heavy atom. The zero-order valence-corrected chi connectivity index (χ0v) is 12.1. The van der Waals surface area contributed by atoms with Crippen molar-refractivity contribution in [3.05, 3.63) is 29.8 Å². The van der Waals surface area contributed by atoms with Gasteiger partial charge in [0.15, 0.2) is 0 Å². The van der Waals surface area contributed by atoms with Gasteiger partial charge in [-0.2, -0.15) is 12.6 Å². The molecule has 100 valence electrons. The predicted octanol–water partition coefficient (Wildman–Crippen LogP) is 2.75. The van der Waals surface area contributed by atoms with Crippen molar-refractivity contribution in [1.29, 1.82) is 0 Å². The number of benzene rings is 1. The quantitative estimate of drug-likeness (QED) is 0.803. The molecule has 1 aromatic carbocycles. The topological polar surface area (TPSA) is 29.5 Å². The summed E-state index contributed by atoms with van der Waals surface area (Å²) < 4.78 is 5.57. The van der Waals surface area contributed by atoms with Gasteiger partial charge in [-0.3, -0.25) is 4.79 Å². The van der Waals surface area contributed by atoms with Gasteiger partial charge < -0.3 is 9.64 Å². The SMILES string of the molecule is CC(C)Oc1ccc(CN(C)C(=O)CCS)cc1. The van der Waals surface area contributed by atoms with Crippen molar-refractivity contribution >= 4 is 18.5 Å². The van der Waals surface area contributed by atoms with Crippen LogP contribution in [0.3, 0.4) is 0 Å². The number of rotatable bonds is 6. The average Bonchev–Trinajstić information content (AvgIpc) is 2.31. The molecule has 0 saturated heterocycles.